The standard InChI is InChI=1S/C18H23N5O2/c1-21-13-20-10-15(21)11-22-7-4-17-16(12-22)23(8-9-25-17)18(24)14-2-5-19-6-3-14/h2-3,5-6,10,13,16-17H,4,7-9,11-12H2,1H3/t16-,17-/m0/s1. The predicted molar refractivity (Wildman–Crippen MR) is 91.9 cm³/mol. The number of nitrogens with zero attached hydrogens (tertiary/aromatic N) is 5. The number of imidazole rings is 1. The summed E-state index contributed by atoms with van der Waals surface area (Å²) >= 11 is 0. The van der Waals surface area contributed by atoms with Gasteiger partial charge in [-0.25, -0.2) is 4.98 Å². The molecular weight excluding hydrogens is 318 g/mol. The van der Waals surface area contributed by atoms with Crippen LogP contribution in [0.5, 0.6) is 0 Å². The topological polar surface area (TPSA) is 63.5 Å². The fourth-order valence-electron chi connectivity index (χ4n) is 3.76. The van der Waals surface area contributed by atoms with Gasteiger partial charge in [-0.15, -0.1) is 0 Å². The van der Waals surface area contributed by atoms with E-state index in [2.05, 4.69) is 14.9 Å². The Labute approximate surface area is 147 Å². The molecule has 2 aliphatic rings. The summed E-state index contributed by atoms with van der Waals surface area (Å²) in [5.41, 5.74) is 1.88. The molecule has 0 bridgehead atoms. The summed E-state index contributed by atoms with van der Waals surface area (Å²) in [6.07, 6.45) is 8.14. The van der Waals surface area contributed by atoms with Crippen LogP contribution in [-0.4, -0.2) is 68.6 Å². The van der Waals surface area contributed by atoms with Crippen molar-refractivity contribution in [2.75, 3.05) is 26.2 Å². The predicted octanol–water partition coefficient (Wildman–Crippen LogP) is 0.931. The highest BCUT2D eigenvalue weighted by atomic mass is 16.5. The number of morpholine rings is 1. The van der Waals surface area contributed by atoms with E-state index < -0.39 is 0 Å². The van der Waals surface area contributed by atoms with Gasteiger partial charge in [-0.3, -0.25) is 14.7 Å². The molecule has 0 spiro atoms. The van der Waals surface area contributed by atoms with Crippen molar-refractivity contribution in [3.8, 4) is 0 Å². The van der Waals surface area contributed by atoms with Crippen LogP contribution in [0.1, 0.15) is 22.5 Å². The van der Waals surface area contributed by atoms with Crippen LogP contribution in [0.15, 0.2) is 37.1 Å². The molecule has 25 heavy (non-hydrogen) atoms. The number of likely N-dealkylation sites (tertiary alicyclic amines) is 1. The lowest BCUT2D eigenvalue weighted by atomic mass is 9.97. The Morgan fingerprint density at radius 1 is 1.28 bits per heavy atom. The van der Waals surface area contributed by atoms with Crippen LogP contribution in [0.4, 0.5) is 0 Å². The molecule has 2 aliphatic heterocycles. The molecule has 1 amide bonds. The quantitative estimate of drug-likeness (QED) is 0.831. The molecule has 4 rings (SSSR count). The van der Waals surface area contributed by atoms with Gasteiger partial charge in [0, 0.05) is 57.4 Å². The molecule has 2 aromatic rings. The number of hydrogen-bond donors (Lipinski definition) is 0. The number of carbonyl (C=O) groups is 1. The first kappa shape index (κ1) is 16.2. The van der Waals surface area contributed by atoms with Crippen molar-refractivity contribution in [1.29, 1.82) is 0 Å². The summed E-state index contributed by atoms with van der Waals surface area (Å²) in [4.78, 5) is 25.5. The molecule has 0 N–H and O–H groups in total. The molecule has 2 fully saturated rings. The number of ether oxygens (including phenoxy) is 1. The van der Waals surface area contributed by atoms with Crippen LogP contribution < -0.4 is 0 Å². The SMILES string of the molecule is Cn1cncc1CN1CC[C@@H]2OCCN(C(=O)c3ccncc3)[C@H]2C1. The third-order valence-electron chi connectivity index (χ3n) is 5.16. The van der Waals surface area contributed by atoms with Crippen molar-refractivity contribution in [2.45, 2.75) is 25.1 Å². The number of aromatic nitrogens is 3. The number of aryl methyl sites for hydroxylation is 1. The molecular formula is C18H23N5O2. The van der Waals surface area contributed by atoms with Crippen LogP contribution in [0, 0.1) is 0 Å². The van der Waals surface area contributed by atoms with E-state index in [1.165, 1.54) is 5.69 Å². The van der Waals surface area contributed by atoms with E-state index in [1.54, 1.807) is 24.5 Å². The molecule has 7 nitrogen and oxygen atoms in total. The number of pyridine rings is 1. The van der Waals surface area contributed by atoms with Crippen molar-refractivity contribution in [1.82, 2.24) is 24.3 Å². The molecule has 4 heterocycles. The van der Waals surface area contributed by atoms with E-state index in [4.69, 9.17) is 4.74 Å². The minimum Gasteiger partial charge on any atom is -0.374 e. The molecule has 0 aromatic carbocycles. The van der Waals surface area contributed by atoms with Gasteiger partial charge >= 0.3 is 0 Å². The second kappa shape index (κ2) is 6.93. The van der Waals surface area contributed by atoms with Gasteiger partial charge in [0.15, 0.2) is 0 Å². The van der Waals surface area contributed by atoms with Crippen LogP contribution in [-0.2, 0) is 18.3 Å². The lowest BCUT2D eigenvalue weighted by molar-refractivity contribution is -0.0916. The number of fused-ring (bicyclic) bond motifs is 1. The Hall–Kier alpha value is -2.25. The molecule has 2 atom stereocenters. The van der Waals surface area contributed by atoms with E-state index in [0.29, 0.717) is 18.7 Å². The van der Waals surface area contributed by atoms with Gasteiger partial charge in [0.2, 0.25) is 0 Å². The monoisotopic (exact) mass is 341 g/mol. The minimum atomic E-state index is 0.0723. The van der Waals surface area contributed by atoms with Crippen molar-refractivity contribution in [3.05, 3.63) is 48.3 Å². The maximum atomic E-state index is 12.9. The Morgan fingerprint density at radius 2 is 2.12 bits per heavy atom. The Bertz CT molecular complexity index is 732. The first-order valence-corrected chi connectivity index (χ1v) is 8.72. The van der Waals surface area contributed by atoms with Crippen molar-refractivity contribution in [3.63, 3.8) is 0 Å². The molecule has 0 saturated carbocycles. The normalized spacial score (nSPS) is 24.1. The second-order valence-electron chi connectivity index (χ2n) is 6.73. The van der Waals surface area contributed by atoms with Gasteiger partial charge in [0.05, 0.1) is 30.8 Å². The fraction of sp³-hybridized carbons (Fsp3) is 0.500. The summed E-state index contributed by atoms with van der Waals surface area (Å²) < 4.78 is 8.00. The van der Waals surface area contributed by atoms with Crippen molar-refractivity contribution < 1.29 is 9.53 Å². The maximum Gasteiger partial charge on any atom is 0.254 e. The molecule has 0 aliphatic carbocycles. The molecule has 2 saturated heterocycles. The number of amides is 1. The van der Waals surface area contributed by atoms with Crippen LogP contribution in [0.2, 0.25) is 0 Å². The lowest BCUT2D eigenvalue weighted by Gasteiger charge is -2.47. The smallest absolute Gasteiger partial charge is 0.254 e. The molecule has 7 heteroatoms. The zero-order chi connectivity index (χ0) is 17.2. The summed E-state index contributed by atoms with van der Waals surface area (Å²) in [5.74, 6) is 0.0723. The molecule has 132 valence electrons. The van der Waals surface area contributed by atoms with Crippen molar-refractivity contribution in [2.24, 2.45) is 7.05 Å². The van der Waals surface area contributed by atoms with E-state index in [-0.39, 0.29) is 18.1 Å². The average Bonchev–Trinajstić information content (AvgIpc) is 3.06. The van der Waals surface area contributed by atoms with Crippen LogP contribution >= 0.6 is 0 Å². The zero-order valence-corrected chi connectivity index (χ0v) is 14.4. The Balaban J connectivity index is 1.50. The first-order chi connectivity index (χ1) is 12.2. The maximum absolute atomic E-state index is 12.9. The first-order valence-electron chi connectivity index (χ1n) is 8.72. The van der Waals surface area contributed by atoms with E-state index >= 15 is 0 Å². The Kier molecular flexibility index (Phi) is 4.50. The van der Waals surface area contributed by atoms with Gasteiger partial charge in [0.25, 0.3) is 5.91 Å². The highest BCUT2D eigenvalue weighted by molar-refractivity contribution is 5.94. The van der Waals surface area contributed by atoms with E-state index in [1.807, 2.05) is 29.0 Å². The number of carbonyl (C=O) groups excluding carboxylic acids is 1. The van der Waals surface area contributed by atoms with Gasteiger partial charge in [0.1, 0.15) is 0 Å². The highest BCUT2D eigenvalue weighted by Gasteiger charge is 2.39. The number of rotatable bonds is 3. The lowest BCUT2D eigenvalue weighted by Crippen LogP contribution is -2.61. The van der Waals surface area contributed by atoms with E-state index in [9.17, 15) is 4.79 Å². The van der Waals surface area contributed by atoms with Gasteiger partial charge in [-0.2, -0.15) is 0 Å². The summed E-state index contributed by atoms with van der Waals surface area (Å²) in [5, 5.41) is 0. The van der Waals surface area contributed by atoms with Gasteiger partial charge < -0.3 is 14.2 Å². The highest BCUT2D eigenvalue weighted by Crippen LogP contribution is 2.25. The third kappa shape index (κ3) is 3.29. The zero-order valence-electron chi connectivity index (χ0n) is 14.4. The molecule has 0 unspecified atom stereocenters. The van der Waals surface area contributed by atoms with Crippen LogP contribution in [0.25, 0.3) is 0 Å². The van der Waals surface area contributed by atoms with Gasteiger partial charge in [-0.1, -0.05) is 0 Å². The fourth-order valence-corrected chi connectivity index (χ4v) is 3.76. The van der Waals surface area contributed by atoms with Crippen LogP contribution in [0.3, 0.4) is 0 Å². The number of piperidine rings is 1. The summed E-state index contributed by atoms with van der Waals surface area (Å²) in [7, 11) is 2.01. The largest absolute Gasteiger partial charge is 0.374 e. The van der Waals surface area contributed by atoms with Gasteiger partial charge in [-0.05, 0) is 18.6 Å². The summed E-state index contributed by atoms with van der Waals surface area (Å²) in [6.45, 7) is 3.90. The Morgan fingerprint density at radius 3 is 2.88 bits per heavy atom. The minimum absolute atomic E-state index is 0.0723. The second-order valence-corrected chi connectivity index (χ2v) is 6.73. The summed E-state index contributed by atoms with van der Waals surface area (Å²) in [6, 6.07) is 3.66. The van der Waals surface area contributed by atoms with E-state index in [0.717, 1.165) is 26.1 Å². The number of hydrogen-bond acceptors (Lipinski definition) is 5. The molecule has 0 radical (unpaired) electrons. The molecule has 2 aromatic heterocycles. The third-order valence-corrected chi connectivity index (χ3v) is 5.16. The van der Waals surface area contributed by atoms with Crippen molar-refractivity contribution >= 4 is 5.91 Å². The average molecular weight is 341 g/mol.